The number of furan rings is 1. The lowest BCUT2D eigenvalue weighted by Crippen LogP contribution is -2.37. The van der Waals surface area contributed by atoms with Crippen LogP contribution in [0.2, 0.25) is 0 Å². The number of para-hydroxylation sites is 1. The van der Waals surface area contributed by atoms with Gasteiger partial charge >= 0.3 is 0 Å². The van der Waals surface area contributed by atoms with Gasteiger partial charge in [0.2, 0.25) is 5.09 Å². The highest BCUT2D eigenvalue weighted by molar-refractivity contribution is 7.89. The third-order valence-corrected chi connectivity index (χ3v) is 7.03. The molecule has 2 aromatic heterocycles. The molecule has 0 aliphatic carbocycles. The molecule has 3 heterocycles. The number of aromatic nitrogens is 1. The van der Waals surface area contributed by atoms with Crippen molar-refractivity contribution in [2.75, 3.05) is 19.6 Å². The van der Waals surface area contributed by atoms with Crippen LogP contribution in [0, 0.1) is 5.82 Å². The Balaban J connectivity index is 1.15. The molecule has 5 rings (SSSR count). The normalized spacial score (nSPS) is 17.8. The SMILES string of the molecule is O=S(=O)(N[C@@H]1CCN(CCCc2noc3cc(F)ccc23)C1)c1cc2ccccc2o1. The summed E-state index contributed by atoms with van der Waals surface area (Å²) in [5, 5.41) is 5.59. The largest absolute Gasteiger partial charge is 0.443 e. The minimum Gasteiger partial charge on any atom is -0.443 e. The lowest BCUT2D eigenvalue weighted by Gasteiger charge is -2.16. The Bertz CT molecular complexity index is 1300. The molecule has 9 heteroatoms. The third kappa shape index (κ3) is 4.21. The molecule has 31 heavy (non-hydrogen) atoms. The van der Waals surface area contributed by atoms with Crippen molar-refractivity contribution >= 4 is 32.0 Å². The minimum atomic E-state index is -3.71. The fourth-order valence-electron chi connectivity index (χ4n) is 4.11. The number of aryl methyl sites for hydroxylation is 1. The Morgan fingerprint density at radius 3 is 2.90 bits per heavy atom. The number of sulfonamides is 1. The zero-order chi connectivity index (χ0) is 21.4. The fraction of sp³-hybridized carbons (Fsp3) is 0.318. The number of rotatable bonds is 7. The van der Waals surface area contributed by atoms with Gasteiger partial charge in [-0.3, -0.25) is 0 Å². The van der Waals surface area contributed by atoms with Crippen molar-refractivity contribution in [1.29, 1.82) is 0 Å². The van der Waals surface area contributed by atoms with E-state index in [1.54, 1.807) is 18.2 Å². The first-order chi connectivity index (χ1) is 15.0. The van der Waals surface area contributed by atoms with E-state index in [0.717, 1.165) is 42.4 Å². The molecule has 1 aliphatic heterocycles. The van der Waals surface area contributed by atoms with Gasteiger partial charge in [-0.2, -0.15) is 0 Å². The fourth-order valence-corrected chi connectivity index (χ4v) is 5.34. The third-order valence-electron chi connectivity index (χ3n) is 5.66. The molecule has 0 amide bonds. The van der Waals surface area contributed by atoms with Gasteiger partial charge in [0.15, 0.2) is 5.58 Å². The predicted octanol–water partition coefficient (Wildman–Crippen LogP) is 3.70. The van der Waals surface area contributed by atoms with E-state index in [9.17, 15) is 12.8 Å². The molecule has 1 atom stereocenters. The van der Waals surface area contributed by atoms with Crippen LogP contribution < -0.4 is 4.72 Å². The summed E-state index contributed by atoms with van der Waals surface area (Å²) in [6.07, 6.45) is 2.30. The number of hydrogen-bond acceptors (Lipinski definition) is 6. The van der Waals surface area contributed by atoms with E-state index in [-0.39, 0.29) is 17.0 Å². The van der Waals surface area contributed by atoms with Crippen LogP contribution in [0.1, 0.15) is 18.5 Å². The average molecular weight is 444 g/mol. The molecule has 0 spiro atoms. The zero-order valence-corrected chi connectivity index (χ0v) is 17.6. The first kappa shape index (κ1) is 20.2. The summed E-state index contributed by atoms with van der Waals surface area (Å²) < 4.78 is 52.2. The van der Waals surface area contributed by atoms with Gasteiger partial charge in [0.25, 0.3) is 10.0 Å². The summed E-state index contributed by atoms with van der Waals surface area (Å²) in [6.45, 7) is 2.28. The molecule has 1 aliphatic rings. The Hall–Kier alpha value is -2.75. The average Bonchev–Trinajstić information content (AvgIpc) is 3.46. The molecule has 2 aromatic carbocycles. The second-order valence-electron chi connectivity index (χ2n) is 7.88. The van der Waals surface area contributed by atoms with E-state index in [4.69, 9.17) is 8.94 Å². The number of halogens is 1. The van der Waals surface area contributed by atoms with E-state index >= 15 is 0 Å². The lowest BCUT2D eigenvalue weighted by atomic mass is 10.1. The van der Waals surface area contributed by atoms with Crippen LogP contribution in [-0.4, -0.2) is 44.2 Å². The maximum Gasteiger partial charge on any atom is 0.274 e. The van der Waals surface area contributed by atoms with Crippen molar-refractivity contribution in [3.8, 4) is 0 Å². The molecule has 162 valence electrons. The van der Waals surface area contributed by atoms with E-state index in [0.29, 0.717) is 24.1 Å². The van der Waals surface area contributed by atoms with Crippen LogP contribution in [0.4, 0.5) is 4.39 Å². The van der Waals surface area contributed by atoms with Gasteiger partial charge in [0.05, 0.1) is 5.69 Å². The highest BCUT2D eigenvalue weighted by Gasteiger charge is 2.29. The van der Waals surface area contributed by atoms with Crippen molar-refractivity contribution in [1.82, 2.24) is 14.8 Å². The summed E-state index contributed by atoms with van der Waals surface area (Å²) in [4.78, 5) is 2.23. The molecule has 7 nitrogen and oxygen atoms in total. The topological polar surface area (TPSA) is 88.6 Å². The molecule has 4 aromatic rings. The molecule has 1 N–H and O–H groups in total. The molecular weight excluding hydrogens is 421 g/mol. The standard InChI is InChI=1S/C22H22FN3O4S/c23-16-7-8-18-19(24-30-21(18)13-16)5-3-10-26-11-9-17(14-26)25-31(27,28)22-12-15-4-1-2-6-20(15)29-22/h1-2,4,6-8,12-13,17,25H,3,5,9-11,14H2/t17-/m1/s1. The van der Waals surface area contributed by atoms with Gasteiger partial charge in [-0.15, -0.1) is 0 Å². The number of likely N-dealkylation sites (tertiary alicyclic amines) is 1. The summed E-state index contributed by atoms with van der Waals surface area (Å²) >= 11 is 0. The number of hydrogen-bond donors (Lipinski definition) is 1. The van der Waals surface area contributed by atoms with Crippen LogP contribution in [0.15, 0.2) is 62.6 Å². The van der Waals surface area contributed by atoms with Crippen molar-refractivity contribution < 1.29 is 21.7 Å². The van der Waals surface area contributed by atoms with Crippen molar-refractivity contribution in [2.24, 2.45) is 0 Å². The van der Waals surface area contributed by atoms with Crippen molar-refractivity contribution in [3.05, 3.63) is 60.0 Å². The first-order valence-electron chi connectivity index (χ1n) is 10.2. The van der Waals surface area contributed by atoms with Crippen LogP contribution in [0.3, 0.4) is 0 Å². The number of benzene rings is 2. The van der Waals surface area contributed by atoms with Crippen LogP contribution in [-0.2, 0) is 16.4 Å². The van der Waals surface area contributed by atoms with E-state index < -0.39 is 10.0 Å². The number of nitrogens with one attached hydrogen (secondary N) is 1. The Labute approximate surface area is 178 Å². The first-order valence-corrected chi connectivity index (χ1v) is 11.7. The quantitative estimate of drug-likeness (QED) is 0.469. The molecule has 0 unspecified atom stereocenters. The molecule has 0 bridgehead atoms. The second-order valence-corrected chi connectivity index (χ2v) is 9.53. The number of nitrogens with zero attached hydrogens (tertiary/aromatic N) is 2. The second kappa shape index (κ2) is 8.07. The Morgan fingerprint density at radius 1 is 1.16 bits per heavy atom. The Kier molecular flexibility index (Phi) is 5.25. The summed E-state index contributed by atoms with van der Waals surface area (Å²) in [7, 11) is -3.71. The zero-order valence-electron chi connectivity index (χ0n) is 16.8. The summed E-state index contributed by atoms with van der Waals surface area (Å²) in [5.74, 6) is -0.344. The van der Waals surface area contributed by atoms with Gasteiger partial charge in [-0.05, 0) is 50.6 Å². The van der Waals surface area contributed by atoms with Gasteiger partial charge in [-0.1, -0.05) is 23.4 Å². The maximum absolute atomic E-state index is 13.3. The van der Waals surface area contributed by atoms with E-state index in [2.05, 4.69) is 14.8 Å². The van der Waals surface area contributed by atoms with E-state index in [1.165, 1.54) is 12.1 Å². The molecule has 0 radical (unpaired) electrons. The van der Waals surface area contributed by atoms with Gasteiger partial charge in [0.1, 0.15) is 11.4 Å². The molecule has 0 saturated carbocycles. The predicted molar refractivity (Wildman–Crippen MR) is 114 cm³/mol. The molecule has 1 saturated heterocycles. The molecular formula is C22H22FN3O4S. The van der Waals surface area contributed by atoms with Crippen molar-refractivity contribution in [2.45, 2.75) is 30.4 Å². The van der Waals surface area contributed by atoms with Gasteiger partial charge in [0, 0.05) is 35.5 Å². The van der Waals surface area contributed by atoms with Crippen LogP contribution in [0.5, 0.6) is 0 Å². The van der Waals surface area contributed by atoms with Gasteiger partial charge in [-0.25, -0.2) is 17.5 Å². The highest BCUT2D eigenvalue weighted by atomic mass is 32.2. The number of fused-ring (bicyclic) bond motifs is 2. The monoisotopic (exact) mass is 443 g/mol. The van der Waals surface area contributed by atoms with Gasteiger partial charge < -0.3 is 13.8 Å². The lowest BCUT2D eigenvalue weighted by molar-refractivity contribution is 0.325. The summed E-state index contributed by atoms with van der Waals surface area (Å²) in [5.41, 5.74) is 1.83. The Morgan fingerprint density at radius 2 is 2.03 bits per heavy atom. The highest BCUT2D eigenvalue weighted by Crippen LogP contribution is 2.24. The smallest absolute Gasteiger partial charge is 0.274 e. The minimum absolute atomic E-state index is 0.0542. The summed E-state index contributed by atoms with van der Waals surface area (Å²) in [6, 6.07) is 13.1. The van der Waals surface area contributed by atoms with Crippen molar-refractivity contribution in [3.63, 3.8) is 0 Å². The molecule has 1 fully saturated rings. The van der Waals surface area contributed by atoms with E-state index in [1.807, 2.05) is 18.2 Å². The maximum atomic E-state index is 13.3. The van der Waals surface area contributed by atoms with Crippen LogP contribution >= 0.6 is 0 Å². The van der Waals surface area contributed by atoms with Crippen LogP contribution in [0.25, 0.3) is 21.9 Å².